The maximum atomic E-state index is 12.2. The van der Waals surface area contributed by atoms with Crippen molar-refractivity contribution in [3.8, 4) is 0 Å². The van der Waals surface area contributed by atoms with Gasteiger partial charge in [0.25, 0.3) is 5.91 Å². The zero-order valence-corrected chi connectivity index (χ0v) is 15.0. The Balaban J connectivity index is 1.58. The van der Waals surface area contributed by atoms with Crippen molar-refractivity contribution in [2.45, 2.75) is 39.8 Å². The monoisotopic (exact) mass is 355 g/mol. The van der Waals surface area contributed by atoms with Gasteiger partial charge in [-0.1, -0.05) is 0 Å². The van der Waals surface area contributed by atoms with Gasteiger partial charge in [0.15, 0.2) is 6.10 Å². The minimum absolute atomic E-state index is 0.0469. The first kappa shape index (κ1) is 17.8. The Labute approximate surface area is 151 Å². The second kappa shape index (κ2) is 7.47. The number of amides is 1. The van der Waals surface area contributed by atoms with Gasteiger partial charge < -0.3 is 18.9 Å². The van der Waals surface area contributed by atoms with E-state index in [2.05, 4.69) is 5.32 Å². The van der Waals surface area contributed by atoms with Crippen LogP contribution < -0.4 is 5.32 Å². The molecule has 0 unspecified atom stereocenters. The molecule has 0 radical (unpaired) electrons. The molecule has 26 heavy (non-hydrogen) atoms. The van der Waals surface area contributed by atoms with E-state index in [1.54, 1.807) is 18.4 Å². The molecule has 1 N–H and O–H groups in total. The molecule has 0 spiro atoms. The number of furan rings is 2. The number of aryl methyl sites for hydroxylation is 2. The minimum Gasteiger partial charge on any atom is -0.467 e. The highest BCUT2D eigenvalue weighted by Crippen LogP contribution is 2.25. The summed E-state index contributed by atoms with van der Waals surface area (Å²) in [4.78, 5) is 24.2. The van der Waals surface area contributed by atoms with Gasteiger partial charge in [0, 0.05) is 10.9 Å². The van der Waals surface area contributed by atoms with Crippen LogP contribution in [-0.2, 0) is 27.3 Å². The van der Waals surface area contributed by atoms with E-state index < -0.39 is 12.1 Å². The normalized spacial score (nSPS) is 12.1. The maximum Gasteiger partial charge on any atom is 0.311 e. The zero-order chi connectivity index (χ0) is 18.7. The number of fused-ring (bicyclic) bond motifs is 1. The van der Waals surface area contributed by atoms with E-state index in [4.69, 9.17) is 13.6 Å². The van der Waals surface area contributed by atoms with Crippen LogP contribution in [0.15, 0.2) is 45.6 Å². The van der Waals surface area contributed by atoms with Crippen LogP contribution in [0.2, 0.25) is 0 Å². The lowest BCUT2D eigenvalue weighted by Gasteiger charge is -2.12. The molecule has 6 nitrogen and oxygen atoms in total. The number of hydrogen-bond acceptors (Lipinski definition) is 5. The molecule has 1 atom stereocenters. The molecule has 0 aliphatic rings. The summed E-state index contributed by atoms with van der Waals surface area (Å²) in [6.45, 7) is 5.80. The van der Waals surface area contributed by atoms with Gasteiger partial charge in [0.2, 0.25) is 0 Å². The lowest BCUT2D eigenvalue weighted by atomic mass is 10.0. The number of ether oxygens (including phenoxy) is 1. The molecule has 3 rings (SSSR count). The molecule has 0 saturated heterocycles. The number of nitrogens with one attached hydrogen (secondary N) is 1. The number of carbonyl (C=O) groups is 2. The lowest BCUT2D eigenvalue weighted by Crippen LogP contribution is -2.35. The third kappa shape index (κ3) is 3.96. The van der Waals surface area contributed by atoms with Crippen LogP contribution in [0.5, 0.6) is 0 Å². The second-order valence-corrected chi connectivity index (χ2v) is 6.30. The fraction of sp³-hybridized carbons (Fsp3) is 0.300. The summed E-state index contributed by atoms with van der Waals surface area (Å²) in [5.74, 6) is -0.225. The molecule has 6 heteroatoms. The van der Waals surface area contributed by atoms with Crippen molar-refractivity contribution in [3.63, 3.8) is 0 Å². The Morgan fingerprint density at radius 2 is 1.96 bits per heavy atom. The average Bonchev–Trinajstić information content (AvgIpc) is 3.24. The molecular weight excluding hydrogens is 334 g/mol. The second-order valence-electron chi connectivity index (χ2n) is 6.30. The van der Waals surface area contributed by atoms with E-state index in [-0.39, 0.29) is 18.9 Å². The highest BCUT2D eigenvalue weighted by molar-refractivity contribution is 5.88. The molecule has 0 aliphatic heterocycles. The van der Waals surface area contributed by atoms with Gasteiger partial charge in [0.1, 0.15) is 11.3 Å². The van der Waals surface area contributed by atoms with Crippen molar-refractivity contribution in [2.75, 3.05) is 0 Å². The van der Waals surface area contributed by atoms with E-state index in [0.29, 0.717) is 5.76 Å². The third-order valence-electron chi connectivity index (χ3n) is 4.30. The Hall–Kier alpha value is -3.02. The van der Waals surface area contributed by atoms with Gasteiger partial charge in [0.05, 0.1) is 25.5 Å². The predicted octanol–water partition coefficient (Wildman–Crippen LogP) is 3.43. The molecule has 136 valence electrons. The summed E-state index contributed by atoms with van der Waals surface area (Å²) in [6.07, 6.45) is 2.25. The van der Waals surface area contributed by atoms with Crippen molar-refractivity contribution in [1.82, 2.24) is 5.32 Å². The molecule has 2 heterocycles. The number of carbonyl (C=O) groups excluding carboxylic acids is 2. The predicted molar refractivity (Wildman–Crippen MR) is 95.5 cm³/mol. The summed E-state index contributed by atoms with van der Waals surface area (Å²) in [6, 6.07) is 7.44. The average molecular weight is 355 g/mol. The standard InChI is InChI=1S/C20H21NO5/c1-12-7-17-15(11-25-18(17)8-13(12)2)9-19(22)26-14(3)20(23)21-10-16-5-4-6-24-16/h4-8,11,14H,9-10H2,1-3H3,(H,21,23)/t14-/m1/s1. The van der Waals surface area contributed by atoms with Crippen molar-refractivity contribution in [1.29, 1.82) is 0 Å². The number of rotatable bonds is 6. The molecular formula is C20H21NO5. The van der Waals surface area contributed by atoms with E-state index in [1.807, 2.05) is 26.0 Å². The first-order valence-corrected chi connectivity index (χ1v) is 8.41. The van der Waals surface area contributed by atoms with Gasteiger partial charge in [-0.3, -0.25) is 9.59 Å². The molecule has 2 aromatic heterocycles. The third-order valence-corrected chi connectivity index (χ3v) is 4.30. The van der Waals surface area contributed by atoms with E-state index in [9.17, 15) is 9.59 Å². The first-order chi connectivity index (χ1) is 12.4. The topological polar surface area (TPSA) is 81.7 Å². The van der Waals surface area contributed by atoms with Gasteiger partial charge in [-0.2, -0.15) is 0 Å². The SMILES string of the molecule is Cc1cc2occ(CC(=O)O[C@H](C)C(=O)NCc3ccco3)c2cc1C. The summed E-state index contributed by atoms with van der Waals surface area (Å²) < 4.78 is 15.9. The summed E-state index contributed by atoms with van der Waals surface area (Å²) in [5, 5.41) is 3.55. The zero-order valence-electron chi connectivity index (χ0n) is 15.0. The smallest absolute Gasteiger partial charge is 0.311 e. The van der Waals surface area contributed by atoms with Gasteiger partial charge in [-0.15, -0.1) is 0 Å². The van der Waals surface area contributed by atoms with Crippen LogP contribution in [0.3, 0.4) is 0 Å². The van der Waals surface area contributed by atoms with Crippen LogP contribution in [0.1, 0.15) is 29.4 Å². The van der Waals surface area contributed by atoms with Crippen LogP contribution in [0, 0.1) is 13.8 Å². The van der Waals surface area contributed by atoms with Crippen molar-refractivity contribution < 1.29 is 23.2 Å². The maximum absolute atomic E-state index is 12.2. The Morgan fingerprint density at radius 3 is 2.69 bits per heavy atom. The Kier molecular flexibility index (Phi) is 5.11. The van der Waals surface area contributed by atoms with Crippen molar-refractivity contribution in [3.05, 3.63) is 59.2 Å². The van der Waals surface area contributed by atoms with E-state index in [0.717, 1.165) is 27.7 Å². The highest BCUT2D eigenvalue weighted by atomic mass is 16.5. The van der Waals surface area contributed by atoms with E-state index in [1.165, 1.54) is 13.2 Å². The number of esters is 1. The summed E-state index contributed by atoms with van der Waals surface area (Å²) in [5.41, 5.74) is 3.73. The van der Waals surface area contributed by atoms with Crippen molar-refractivity contribution >= 4 is 22.8 Å². The molecule has 1 amide bonds. The Bertz CT molecular complexity index is 923. The van der Waals surface area contributed by atoms with Crippen LogP contribution >= 0.6 is 0 Å². The van der Waals surface area contributed by atoms with Crippen molar-refractivity contribution in [2.24, 2.45) is 0 Å². The fourth-order valence-electron chi connectivity index (χ4n) is 2.65. The molecule has 0 fully saturated rings. The Morgan fingerprint density at radius 1 is 1.19 bits per heavy atom. The molecule has 1 aromatic carbocycles. The largest absolute Gasteiger partial charge is 0.467 e. The minimum atomic E-state index is -0.889. The van der Waals surface area contributed by atoms with E-state index >= 15 is 0 Å². The van der Waals surface area contributed by atoms with Crippen LogP contribution in [0.4, 0.5) is 0 Å². The number of benzene rings is 1. The quantitative estimate of drug-likeness (QED) is 0.685. The molecule has 0 aliphatic carbocycles. The fourth-order valence-corrected chi connectivity index (χ4v) is 2.65. The summed E-state index contributed by atoms with van der Waals surface area (Å²) in [7, 11) is 0. The van der Waals surface area contributed by atoms with Crippen LogP contribution in [-0.4, -0.2) is 18.0 Å². The lowest BCUT2D eigenvalue weighted by molar-refractivity contribution is -0.154. The van der Waals surface area contributed by atoms with Gasteiger partial charge in [-0.25, -0.2) is 0 Å². The summed E-state index contributed by atoms with van der Waals surface area (Å²) >= 11 is 0. The molecule has 0 saturated carbocycles. The van der Waals surface area contributed by atoms with Crippen LogP contribution in [0.25, 0.3) is 11.0 Å². The highest BCUT2D eigenvalue weighted by Gasteiger charge is 2.19. The van der Waals surface area contributed by atoms with Gasteiger partial charge >= 0.3 is 5.97 Å². The number of hydrogen-bond donors (Lipinski definition) is 1. The van der Waals surface area contributed by atoms with Gasteiger partial charge in [-0.05, 0) is 56.2 Å². The molecule has 0 bridgehead atoms. The first-order valence-electron chi connectivity index (χ1n) is 8.41. The molecule has 3 aromatic rings.